The Hall–Kier alpha value is -2.18. The number of ether oxygens (including phenoxy) is 1. The van der Waals surface area contributed by atoms with E-state index in [2.05, 4.69) is 22.5 Å². The molecule has 1 aromatic carbocycles. The molecular formula is C20H25N3O3. The van der Waals surface area contributed by atoms with Crippen molar-refractivity contribution < 1.29 is 14.6 Å². The molecule has 2 atom stereocenters. The standard InChI is InChI=1S/C20H25N3O3/c24-18-14-17(20(18)8-12-26-13-9-20)21-19(25)16-7-11-23(22-16)10-6-15-4-2-1-3-5-15/h1-5,7,11,17-18,24H,6,8-10,12-14H2,(H,21,25)/t17-,18-/m1/s1. The third-order valence-electron chi connectivity index (χ3n) is 5.89. The molecule has 2 aromatic rings. The summed E-state index contributed by atoms with van der Waals surface area (Å²) in [7, 11) is 0. The van der Waals surface area contributed by atoms with Gasteiger partial charge in [-0.15, -0.1) is 0 Å². The molecule has 4 rings (SSSR count). The van der Waals surface area contributed by atoms with Crippen molar-refractivity contribution in [3.05, 3.63) is 53.9 Å². The average Bonchev–Trinajstić information content (AvgIpc) is 3.17. The van der Waals surface area contributed by atoms with Gasteiger partial charge in [-0.25, -0.2) is 0 Å². The van der Waals surface area contributed by atoms with Gasteiger partial charge in [0.2, 0.25) is 0 Å². The molecule has 0 bridgehead atoms. The predicted molar refractivity (Wildman–Crippen MR) is 96.7 cm³/mol. The van der Waals surface area contributed by atoms with Crippen molar-refractivity contribution in [1.29, 1.82) is 0 Å². The number of benzene rings is 1. The summed E-state index contributed by atoms with van der Waals surface area (Å²) < 4.78 is 7.22. The van der Waals surface area contributed by atoms with Crippen LogP contribution in [0.15, 0.2) is 42.6 Å². The van der Waals surface area contributed by atoms with Crippen molar-refractivity contribution in [2.75, 3.05) is 13.2 Å². The number of aromatic nitrogens is 2. The van der Waals surface area contributed by atoms with Gasteiger partial charge in [0.15, 0.2) is 0 Å². The van der Waals surface area contributed by atoms with Crippen molar-refractivity contribution in [3.63, 3.8) is 0 Å². The number of aryl methyl sites for hydroxylation is 2. The van der Waals surface area contributed by atoms with Crippen LogP contribution in [-0.4, -0.2) is 46.2 Å². The highest BCUT2D eigenvalue weighted by atomic mass is 16.5. The van der Waals surface area contributed by atoms with Crippen LogP contribution in [-0.2, 0) is 17.7 Å². The van der Waals surface area contributed by atoms with E-state index in [9.17, 15) is 9.90 Å². The Morgan fingerprint density at radius 1 is 1.27 bits per heavy atom. The first kappa shape index (κ1) is 17.2. The molecule has 138 valence electrons. The number of aliphatic hydroxyl groups is 1. The SMILES string of the molecule is O=C(N[C@@H]1C[C@@H](O)C12CCOCC2)c1ccn(CCc2ccccc2)n1. The third kappa shape index (κ3) is 3.27. The normalized spacial score (nSPS) is 24.2. The smallest absolute Gasteiger partial charge is 0.272 e. The molecule has 26 heavy (non-hydrogen) atoms. The lowest BCUT2D eigenvalue weighted by Crippen LogP contribution is -2.65. The maximum atomic E-state index is 12.6. The Morgan fingerprint density at radius 2 is 2.04 bits per heavy atom. The molecule has 1 saturated carbocycles. The number of carbonyl (C=O) groups is 1. The van der Waals surface area contributed by atoms with E-state index in [1.165, 1.54) is 5.56 Å². The van der Waals surface area contributed by atoms with E-state index in [4.69, 9.17) is 4.74 Å². The zero-order chi connectivity index (χ0) is 18.0. The molecule has 0 unspecified atom stereocenters. The van der Waals surface area contributed by atoms with Crippen LogP contribution in [0.2, 0.25) is 0 Å². The van der Waals surface area contributed by atoms with Crippen molar-refractivity contribution in [2.24, 2.45) is 5.41 Å². The van der Waals surface area contributed by atoms with Crippen molar-refractivity contribution in [1.82, 2.24) is 15.1 Å². The van der Waals surface area contributed by atoms with Gasteiger partial charge in [0.1, 0.15) is 5.69 Å². The number of nitrogens with one attached hydrogen (secondary N) is 1. The lowest BCUT2D eigenvalue weighted by atomic mass is 9.58. The van der Waals surface area contributed by atoms with Crippen LogP contribution in [0.25, 0.3) is 0 Å². The van der Waals surface area contributed by atoms with Gasteiger partial charge in [0.25, 0.3) is 5.91 Å². The number of hydrogen-bond donors (Lipinski definition) is 2. The third-order valence-corrected chi connectivity index (χ3v) is 5.89. The molecule has 2 heterocycles. The van der Waals surface area contributed by atoms with Gasteiger partial charge in [-0.3, -0.25) is 9.48 Å². The minimum absolute atomic E-state index is 0.00312. The number of rotatable bonds is 5. The highest BCUT2D eigenvalue weighted by Gasteiger charge is 2.55. The fraction of sp³-hybridized carbons (Fsp3) is 0.500. The summed E-state index contributed by atoms with van der Waals surface area (Å²) in [5.74, 6) is -0.161. The van der Waals surface area contributed by atoms with Gasteiger partial charge < -0.3 is 15.2 Å². The highest BCUT2D eigenvalue weighted by molar-refractivity contribution is 5.92. The second-order valence-corrected chi connectivity index (χ2v) is 7.32. The number of amides is 1. The summed E-state index contributed by atoms with van der Waals surface area (Å²) >= 11 is 0. The monoisotopic (exact) mass is 355 g/mol. The summed E-state index contributed by atoms with van der Waals surface area (Å²) in [6.45, 7) is 2.04. The van der Waals surface area contributed by atoms with Gasteiger partial charge in [-0.05, 0) is 37.3 Å². The van der Waals surface area contributed by atoms with Crippen LogP contribution in [0.5, 0.6) is 0 Å². The van der Waals surface area contributed by atoms with Gasteiger partial charge >= 0.3 is 0 Å². The number of hydrogen-bond acceptors (Lipinski definition) is 4. The fourth-order valence-corrected chi connectivity index (χ4v) is 4.13. The van der Waals surface area contributed by atoms with Crippen molar-refractivity contribution in [3.8, 4) is 0 Å². The zero-order valence-electron chi connectivity index (χ0n) is 14.8. The first-order valence-electron chi connectivity index (χ1n) is 9.31. The van der Waals surface area contributed by atoms with Crippen LogP contribution in [0.3, 0.4) is 0 Å². The second kappa shape index (κ2) is 7.21. The topological polar surface area (TPSA) is 76.4 Å². The highest BCUT2D eigenvalue weighted by Crippen LogP contribution is 2.48. The molecule has 1 amide bonds. The van der Waals surface area contributed by atoms with Crippen molar-refractivity contribution >= 4 is 5.91 Å². The molecular weight excluding hydrogens is 330 g/mol. The minimum atomic E-state index is -0.347. The molecule has 1 aliphatic carbocycles. The second-order valence-electron chi connectivity index (χ2n) is 7.32. The molecule has 6 nitrogen and oxygen atoms in total. The summed E-state index contributed by atoms with van der Waals surface area (Å²) in [4.78, 5) is 12.6. The molecule has 2 fully saturated rings. The minimum Gasteiger partial charge on any atom is -0.392 e. The summed E-state index contributed by atoms with van der Waals surface area (Å²) in [6.07, 6.45) is 4.58. The van der Waals surface area contributed by atoms with Crippen LogP contribution in [0, 0.1) is 5.41 Å². The molecule has 1 aromatic heterocycles. The Balaban J connectivity index is 1.35. The maximum Gasteiger partial charge on any atom is 0.272 e. The number of nitrogens with zero attached hydrogens (tertiary/aromatic N) is 2. The van der Waals surface area contributed by atoms with E-state index >= 15 is 0 Å². The fourth-order valence-electron chi connectivity index (χ4n) is 4.13. The van der Waals surface area contributed by atoms with E-state index < -0.39 is 0 Å². The molecule has 1 saturated heterocycles. The Morgan fingerprint density at radius 3 is 2.77 bits per heavy atom. The Bertz CT molecular complexity index is 753. The lowest BCUT2D eigenvalue weighted by Gasteiger charge is -2.55. The lowest BCUT2D eigenvalue weighted by molar-refractivity contribution is -0.145. The van der Waals surface area contributed by atoms with Gasteiger partial charge in [0, 0.05) is 37.4 Å². The number of carbonyl (C=O) groups excluding carboxylic acids is 1. The van der Waals surface area contributed by atoms with Gasteiger partial charge in [-0.1, -0.05) is 30.3 Å². The molecule has 2 N–H and O–H groups in total. The largest absolute Gasteiger partial charge is 0.392 e. The summed E-state index contributed by atoms with van der Waals surface area (Å²) in [6, 6.07) is 12.0. The van der Waals surface area contributed by atoms with E-state index in [1.807, 2.05) is 29.1 Å². The van der Waals surface area contributed by atoms with Gasteiger partial charge in [0.05, 0.1) is 6.10 Å². The van der Waals surface area contributed by atoms with Crippen LogP contribution >= 0.6 is 0 Å². The van der Waals surface area contributed by atoms with E-state index in [0.717, 1.165) is 25.8 Å². The summed E-state index contributed by atoms with van der Waals surface area (Å²) in [5, 5.41) is 17.7. The van der Waals surface area contributed by atoms with Gasteiger partial charge in [-0.2, -0.15) is 5.10 Å². The molecule has 0 radical (unpaired) electrons. The van der Waals surface area contributed by atoms with E-state index in [1.54, 1.807) is 6.07 Å². The zero-order valence-corrected chi connectivity index (χ0v) is 14.8. The Kier molecular flexibility index (Phi) is 4.78. The molecule has 1 aliphatic heterocycles. The van der Waals surface area contributed by atoms with Crippen LogP contribution < -0.4 is 5.32 Å². The molecule has 6 heteroatoms. The first-order chi connectivity index (χ1) is 12.7. The number of aliphatic hydroxyl groups excluding tert-OH is 1. The van der Waals surface area contributed by atoms with Crippen LogP contribution in [0.1, 0.15) is 35.3 Å². The average molecular weight is 355 g/mol. The summed E-state index contributed by atoms with van der Waals surface area (Å²) in [5.41, 5.74) is 1.46. The van der Waals surface area contributed by atoms with Crippen LogP contribution in [0.4, 0.5) is 0 Å². The predicted octanol–water partition coefficient (Wildman–Crippen LogP) is 1.79. The van der Waals surface area contributed by atoms with Crippen molar-refractivity contribution in [2.45, 2.75) is 44.4 Å². The maximum absolute atomic E-state index is 12.6. The Labute approximate surface area is 153 Å². The quantitative estimate of drug-likeness (QED) is 0.857. The molecule has 2 aliphatic rings. The molecule has 1 spiro atoms. The van der Waals surface area contributed by atoms with E-state index in [0.29, 0.717) is 25.3 Å². The first-order valence-corrected chi connectivity index (χ1v) is 9.31. The van der Waals surface area contributed by atoms with E-state index in [-0.39, 0.29) is 23.5 Å².